The van der Waals surface area contributed by atoms with Gasteiger partial charge >= 0.3 is 0 Å². The topological polar surface area (TPSA) is 37.3 Å². The molecule has 1 saturated carbocycles. The summed E-state index contributed by atoms with van der Waals surface area (Å²) in [4.78, 5) is 9.91. The normalized spacial score (nSPS) is 14.2. The first-order chi connectivity index (χ1) is 18.7. The first kappa shape index (κ1) is 27.7. The molecule has 0 heterocycles. The van der Waals surface area contributed by atoms with Gasteiger partial charge in [-0.05, 0) is 86.4 Å². The van der Waals surface area contributed by atoms with Crippen LogP contribution in [0, 0.1) is 0 Å². The number of aliphatic imine (C=N–C) groups is 1. The smallest absolute Gasteiger partial charge is 0.136 e. The van der Waals surface area contributed by atoms with Crippen LogP contribution in [0.1, 0.15) is 57.1 Å². The van der Waals surface area contributed by atoms with Gasteiger partial charge in [0.25, 0.3) is 0 Å². The van der Waals surface area contributed by atoms with E-state index in [-0.39, 0.29) is 0 Å². The highest BCUT2D eigenvalue weighted by Crippen LogP contribution is 2.27. The summed E-state index contributed by atoms with van der Waals surface area (Å²) in [5.41, 5.74) is 3.20. The van der Waals surface area contributed by atoms with Crippen LogP contribution in [0.15, 0.2) is 83.9 Å². The minimum absolute atomic E-state index is 0.524. The van der Waals surface area contributed by atoms with Crippen molar-refractivity contribution in [3.05, 3.63) is 90.0 Å². The molecule has 4 rings (SSSR count). The molecule has 3 aromatic rings. The Morgan fingerprint density at radius 1 is 0.816 bits per heavy atom. The molecular weight excluding hydrogens is 470 g/mol. The second-order valence-corrected chi connectivity index (χ2v) is 10.0. The van der Waals surface area contributed by atoms with E-state index < -0.39 is 0 Å². The zero-order valence-electron chi connectivity index (χ0n) is 23.3. The van der Waals surface area contributed by atoms with E-state index in [1.165, 1.54) is 25.7 Å². The number of hydrogen-bond donors (Lipinski definition) is 0. The van der Waals surface area contributed by atoms with Gasteiger partial charge in [-0.3, -0.25) is 0 Å². The molecule has 0 aliphatic heterocycles. The lowest BCUT2D eigenvalue weighted by Crippen LogP contribution is -2.35. The molecule has 0 saturated heterocycles. The summed E-state index contributed by atoms with van der Waals surface area (Å²) in [5, 5.41) is 0. The summed E-state index contributed by atoms with van der Waals surface area (Å²) in [6.45, 7) is 8.95. The van der Waals surface area contributed by atoms with Gasteiger partial charge in [0.15, 0.2) is 0 Å². The molecule has 0 bridgehead atoms. The molecule has 1 fully saturated rings. The standard InChI is InChI=1S/C33H43N3O2/c1-4-36(5-2)24-11-25-37-31-22-18-29(19-23-31)34-33(35(3)30-14-9-10-15-30)28-16-20-32(21-17-28)38-26-27-12-7-6-8-13-27/h6-8,12-13,16-23,30H,4-5,9-11,14-15,24-26H2,1-3H3. The van der Waals surface area contributed by atoms with Crippen LogP contribution in [-0.4, -0.2) is 55.0 Å². The van der Waals surface area contributed by atoms with Crippen molar-refractivity contribution in [3.8, 4) is 11.5 Å². The number of rotatable bonds is 13. The molecule has 5 nitrogen and oxygen atoms in total. The van der Waals surface area contributed by atoms with Gasteiger partial charge in [0.2, 0.25) is 0 Å². The second kappa shape index (κ2) is 14.6. The van der Waals surface area contributed by atoms with Crippen molar-refractivity contribution in [3.63, 3.8) is 0 Å². The highest BCUT2D eigenvalue weighted by atomic mass is 16.5. The summed E-state index contributed by atoms with van der Waals surface area (Å²) in [6.07, 6.45) is 6.04. The molecule has 3 aromatic carbocycles. The van der Waals surface area contributed by atoms with Crippen LogP contribution < -0.4 is 9.47 Å². The third kappa shape index (κ3) is 8.09. The van der Waals surface area contributed by atoms with Gasteiger partial charge in [-0.1, -0.05) is 57.0 Å². The Morgan fingerprint density at radius 3 is 2.11 bits per heavy atom. The highest BCUT2D eigenvalue weighted by Gasteiger charge is 2.23. The molecule has 1 aliphatic rings. The monoisotopic (exact) mass is 513 g/mol. The number of hydrogen-bond acceptors (Lipinski definition) is 4. The van der Waals surface area contributed by atoms with Gasteiger partial charge in [-0.2, -0.15) is 0 Å². The van der Waals surface area contributed by atoms with Gasteiger partial charge in [0.05, 0.1) is 12.3 Å². The van der Waals surface area contributed by atoms with Crippen molar-refractivity contribution in [1.82, 2.24) is 9.80 Å². The van der Waals surface area contributed by atoms with Crippen molar-refractivity contribution in [2.45, 2.75) is 58.6 Å². The molecule has 38 heavy (non-hydrogen) atoms. The summed E-state index contributed by atoms with van der Waals surface area (Å²) in [6, 6.07) is 27.3. The maximum atomic E-state index is 6.01. The van der Waals surface area contributed by atoms with E-state index in [9.17, 15) is 0 Å². The number of amidine groups is 1. The first-order valence-electron chi connectivity index (χ1n) is 14.2. The minimum Gasteiger partial charge on any atom is -0.494 e. The molecule has 0 unspecified atom stereocenters. The fourth-order valence-electron chi connectivity index (χ4n) is 5.01. The summed E-state index contributed by atoms with van der Waals surface area (Å²) in [5.74, 6) is 2.76. The molecule has 0 aromatic heterocycles. The maximum Gasteiger partial charge on any atom is 0.136 e. The molecule has 0 spiro atoms. The quantitative estimate of drug-likeness (QED) is 0.136. The van der Waals surface area contributed by atoms with Crippen molar-refractivity contribution in [1.29, 1.82) is 0 Å². The van der Waals surface area contributed by atoms with Crippen LogP contribution in [-0.2, 0) is 6.61 Å². The van der Waals surface area contributed by atoms with Gasteiger partial charge in [0, 0.05) is 25.2 Å². The average Bonchev–Trinajstić information content (AvgIpc) is 3.52. The van der Waals surface area contributed by atoms with E-state index in [0.717, 1.165) is 66.8 Å². The van der Waals surface area contributed by atoms with E-state index in [1.54, 1.807) is 0 Å². The van der Waals surface area contributed by atoms with E-state index in [0.29, 0.717) is 12.6 Å². The Labute approximate surface area is 229 Å². The fourth-order valence-corrected chi connectivity index (χ4v) is 5.01. The van der Waals surface area contributed by atoms with Crippen molar-refractivity contribution in [2.75, 3.05) is 33.3 Å². The van der Waals surface area contributed by atoms with Crippen molar-refractivity contribution >= 4 is 11.5 Å². The summed E-state index contributed by atoms with van der Waals surface area (Å²) in [7, 11) is 2.18. The lowest BCUT2D eigenvalue weighted by molar-refractivity contribution is 0.249. The first-order valence-corrected chi connectivity index (χ1v) is 14.2. The second-order valence-electron chi connectivity index (χ2n) is 10.0. The van der Waals surface area contributed by atoms with Gasteiger partial charge in [-0.25, -0.2) is 4.99 Å². The fraction of sp³-hybridized carbons (Fsp3) is 0.424. The van der Waals surface area contributed by atoms with Gasteiger partial charge in [-0.15, -0.1) is 0 Å². The van der Waals surface area contributed by atoms with Crippen LogP contribution in [0.4, 0.5) is 5.69 Å². The van der Waals surface area contributed by atoms with Gasteiger partial charge < -0.3 is 19.3 Å². The summed E-state index contributed by atoms with van der Waals surface area (Å²) >= 11 is 0. The van der Waals surface area contributed by atoms with Crippen molar-refractivity contribution in [2.24, 2.45) is 4.99 Å². The van der Waals surface area contributed by atoms with Crippen LogP contribution >= 0.6 is 0 Å². The van der Waals surface area contributed by atoms with E-state index in [1.807, 2.05) is 42.5 Å². The minimum atomic E-state index is 0.524. The van der Waals surface area contributed by atoms with E-state index in [4.69, 9.17) is 14.5 Å². The predicted molar refractivity (Wildman–Crippen MR) is 158 cm³/mol. The van der Waals surface area contributed by atoms with Gasteiger partial charge in [0.1, 0.15) is 23.9 Å². The van der Waals surface area contributed by atoms with E-state index >= 15 is 0 Å². The largest absolute Gasteiger partial charge is 0.494 e. The Kier molecular flexibility index (Phi) is 10.6. The molecule has 0 amide bonds. The van der Waals surface area contributed by atoms with Crippen LogP contribution in [0.2, 0.25) is 0 Å². The molecule has 0 atom stereocenters. The van der Waals surface area contributed by atoms with Crippen LogP contribution in [0.3, 0.4) is 0 Å². The number of ether oxygens (including phenoxy) is 2. The summed E-state index contributed by atoms with van der Waals surface area (Å²) < 4.78 is 12.0. The van der Waals surface area contributed by atoms with E-state index in [2.05, 4.69) is 67.1 Å². The Morgan fingerprint density at radius 2 is 1.45 bits per heavy atom. The van der Waals surface area contributed by atoms with Crippen LogP contribution in [0.5, 0.6) is 11.5 Å². The predicted octanol–water partition coefficient (Wildman–Crippen LogP) is 7.33. The lowest BCUT2D eigenvalue weighted by atomic mass is 10.1. The third-order valence-corrected chi connectivity index (χ3v) is 7.42. The number of benzene rings is 3. The Balaban J connectivity index is 1.43. The highest BCUT2D eigenvalue weighted by molar-refractivity contribution is 6.00. The zero-order valence-corrected chi connectivity index (χ0v) is 23.3. The Bertz CT molecular complexity index is 1100. The molecular formula is C33H43N3O2. The third-order valence-electron chi connectivity index (χ3n) is 7.42. The van der Waals surface area contributed by atoms with Crippen molar-refractivity contribution < 1.29 is 9.47 Å². The maximum absolute atomic E-state index is 6.01. The Hall–Kier alpha value is -3.31. The molecule has 1 aliphatic carbocycles. The lowest BCUT2D eigenvalue weighted by Gasteiger charge is -2.28. The molecule has 0 radical (unpaired) electrons. The van der Waals surface area contributed by atoms with Crippen LogP contribution in [0.25, 0.3) is 0 Å². The molecule has 202 valence electrons. The number of nitrogens with zero attached hydrogens (tertiary/aromatic N) is 3. The molecule has 0 N–H and O–H groups in total. The SMILES string of the molecule is CCN(CC)CCCOc1ccc(N=C(c2ccc(OCc3ccccc3)cc2)N(C)C2CCCC2)cc1. The molecule has 5 heteroatoms. The average molecular weight is 514 g/mol. The zero-order chi connectivity index (χ0) is 26.6.